The van der Waals surface area contributed by atoms with Gasteiger partial charge in [-0.15, -0.1) is 0 Å². The number of hydrogen-bond acceptors (Lipinski definition) is 2. The van der Waals surface area contributed by atoms with E-state index in [1.807, 2.05) is 24.3 Å². The smallest absolute Gasteiger partial charge is 0.0792 e. The SMILES string of the molecule is CCC(CC)CC(O)c1ccc2ncccc2c1. The Morgan fingerprint density at radius 2 is 1.94 bits per heavy atom. The molecule has 0 saturated carbocycles. The van der Waals surface area contributed by atoms with Gasteiger partial charge in [0.1, 0.15) is 0 Å². The van der Waals surface area contributed by atoms with Crippen LogP contribution in [-0.2, 0) is 0 Å². The number of nitrogens with zero attached hydrogens (tertiary/aromatic N) is 1. The molecule has 1 N–H and O–H groups in total. The van der Waals surface area contributed by atoms with Crippen LogP contribution in [0.4, 0.5) is 0 Å². The van der Waals surface area contributed by atoms with Gasteiger partial charge in [0, 0.05) is 11.6 Å². The fraction of sp³-hybridized carbons (Fsp3) is 0.438. The molecule has 2 heteroatoms. The van der Waals surface area contributed by atoms with E-state index in [1.54, 1.807) is 6.20 Å². The van der Waals surface area contributed by atoms with Gasteiger partial charge in [-0.05, 0) is 36.1 Å². The average Bonchev–Trinajstić information content (AvgIpc) is 2.44. The first-order valence-corrected chi connectivity index (χ1v) is 6.77. The van der Waals surface area contributed by atoms with Gasteiger partial charge >= 0.3 is 0 Å². The molecule has 2 aromatic rings. The number of pyridine rings is 1. The van der Waals surface area contributed by atoms with E-state index in [1.165, 1.54) is 0 Å². The van der Waals surface area contributed by atoms with Crippen molar-refractivity contribution in [3.8, 4) is 0 Å². The maximum atomic E-state index is 10.3. The third-order valence-electron chi connectivity index (χ3n) is 3.72. The van der Waals surface area contributed by atoms with E-state index in [9.17, 15) is 5.11 Å². The third kappa shape index (κ3) is 2.88. The molecule has 2 nitrogen and oxygen atoms in total. The number of aliphatic hydroxyl groups is 1. The summed E-state index contributed by atoms with van der Waals surface area (Å²) in [6.07, 6.45) is 4.53. The molecule has 0 aliphatic carbocycles. The van der Waals surface area contributed by atoms with Gasteiger partial charge in [0.05, 0.1) is 11.6 Å². The number of fused-ring (bicyclic) bond motifs is 1. The van der Waals surface area contributed by atoms with Crippen LogP contribution in [0, 0.1) is 5.92 Å². The molecule has 0 spiro atoms. The second-order valence-corrected chi connectivity index (χ2v) is 4.89. The minimum absolute atomic E-state index is 0.362. The van der Waals surface area contributed by atoms with Crippen molar-refractivity contribution in [2.24, 2.45) is 5.92 Å². The molecule has 0 aliphatic heterocycles. The highest BCUT2D eigenvalue weighted by Gasteiger charge is 2.13. The highest BCUT2D eigenvalue weighted by atomic mass is 16.3. The summed E-state index contributed by atoms with van der Waals surface area (Å²) in [7, 11) is 0. The molecule has 1 unspecified atom stereocenters. The Balaban J connectivity index is 2.19. The topological polar surface area (TPSA) is 33.1 Å². The fourth-order valence-electron chi connectivity index (χ4n) is 2.38. The van der Waals surface area contributed by atoms with Crippen LogP contribution in [0.5, 0.6) is 0 Å². The lowest BCUT2D eigenvalue weighted by atomic mass is 9.92. The van der Waals surface area contributed by atoms with Crippen LogP contribution in [0.1, 0.15) is 44.8 Å². The Morgan fingerprint density at radius 3 is 2.67 bits per heavy atom. The lowest BCUT2D eigenvalue weighted by Gasteiger charge is -2.18. The number of rotatable bonds is 5. The Labute approximate surface area is 109 Å². The van der Waals surface area contributed by atoms with Crippen molar-refractivity contribution in [2.75, 3.05) is 0 Å². The number of hydrogen-bond donors (Lipinski definition) is 1. The molecule has 18 heavy (non-hydrogen) atoms. The van der Waals surface area contributed by atoms with E-state index in [0.717, 1.165) is 35.7 Å². The van der Waals surface area contributed by atoms with Gasteiger partial charge in [-0.3, -0.25) is 4.98 Å². The molecule has 1 aromatic heterocycles. The molecular weight excluding hydrogens is 222 g/mol. The van der Waals surface area contributed by atoms with Crippen molar-refractivity contribution in [2.45, 2.75) is 39.2 Å². The third-order valence-corrected chi connectivity index (χ3v) is 3.72. The lowest BCUT2D eigenvalue weighted by Crippen LogP contribution is -2.06. The van der Waals surface area contributed by atoms with E-state index < -0.39 is 0 Å². The predicted molar refractivity (Wildman–Crippen MR) is 75.4 cm³/mol. The van der Waals surface area contributed by atoms with Crippen molar-refractivity contribution in [3.05, 3.63) is 42.1 Å². The van der Waals surface area contributed by atoms with Crippen LogP contribution < -0.4 is 0 Å². The van der Waals surface area contributed by atoms with Crippen molar-refractivity contribution >= 4 is 10.9 Å². The fourth-order valence-corrected chi connectivity index (χ4v) is 2.38. The van der Waals surface area contributed by atoms with Crippen LogP contribution in [0.25, 0.3) is 10.9 Å². The predicted octanol–water partition coefficient (Wildman–Crippen LogP) is 4.09. The minimum Gasteiger partial charge on any atom is -0.388 e. The summed E-state index contributed by atoms with van der Waals surface area (Å²) in [5.41, 5.74) is 1.98. The first-order valence-electron chi connectivity index (χ1n) is 6.77. The normalized spacial score (nSPS) is 13.1. The maximum absolute atomic E-state index is 10.3. The lowest BCUT2D eigenvalue weighted by molar-refractivity contribution is 0.141. The molecule has 1 heterocycles. The molecule has 96 valence electrons. The standard InChI is InChI=1S/C16H21NO/c1-3-12(4-2)10-16(18)14-7-8-15-13(11-14)6-5-9-17-15/h5-9,11-12,16,18H,3-4,10H2,1-2H3. The second kappa shape index (κ2) is 5.96. The minimum atomic E-state index is -0.362. The van der Waals surface area contributed by atoms with Gasteiger partial charge in [0.15, 0.2) is 0 Å². The van der Waals surface area contributed by atoms with Gasteiger partial charge in [0.25, 0.3) is 0 Å². The molecule has 0 fully saturated rings. The van der Waals surface area contributed by atoms with E-state index in [4.69, 9.17) is 0 Å². The van der Waals surface area contributed by atoms with Crippen LogP contribution in [0.15, 0.2) is 36.5 Å². The van der Waals surface area contributed by atoms with Crippen LogP contribution in [0.2, 0.25) is 0 Å². The van der Waals surface area contributed by atoms with E-state index in [2.05, 4.69) is 24.9 Å². The summed E-state index contributed by atoms with van der Waals surface area (Å²) < 4.78 is 0. The maximum Gasteiger partial charge on any atom is 0.0792 e. The van der Waals surface area contributed by atoms with Crippen LogP contribution >= 0.6 is 0 Å². The molecule has 1 atom stereocenters. The highest BCUT2D eigenvalue weighted by molar-refractivity contribution is 5.78. The summed E-state index contributed by atoms with van der Waals surface area (Å²) in [6.45, 7) is 4.37. The van der Waals surface area contributed by atoms with Crippen molar-refractivity contribution < 1.29 is 5.11 Å². The van der Waals surface area contributed by atoms with E-state index in [-0.39, 0.29) is 6.10 Å². The largest absolute Gasteiger partial charge is 0.388 e. The first kappa shape index (κ1) is 13.0. The Hall–Kier alpha value is -1.41. The van der Waals surface area contributed by atoms with E-state index in [0.29, 0.717) is 5.92 Å². The number of aromatic nitrogens is 1. The monoisotopic (exact) mass is 243 g/mol. The molecule has 0 aliphatic rings. The number of aliphatic hydroxyl groups excluding tert-OH is 1. The van der Waals surface area contributed by atoms with Crippen LogP contribution in [-0.4, -0.2) is 10.1 Å². The second-order valence-electron chi connectivity index (χ2n) is 4.89. The van der Waals surface area contributed by atoms with Gasteiger partial charge in [-0.1, -0.05) is 38.8 Å². The summed E-state index contributed by atoms with van der Waals surface area (Å²) in [6, 6.07) is 9.99. The Bertz CT molecular complexity index is 505. The molecule has 0 amide bonds. The summed E-state index contributed by atoms with van der Waals surface area (Å²) >= 11 is 0. The van der Waals surface area contributed by atoms with Crippen molar-refractivity contribution in [1.82, 2.24) is 4.98 Å². The summed E-state index contributed by atoms with van der Waals surface area (Å²) in [4.78, 5) is 4.29. The Morgan fingerprint density at radius 1 is 1.17 bits per heavy atom. The molecule has 0 bridgehead atoms. The zero-order valence-corrected chi connectivity index (χ0v) is 11.1. The number of benzene rings is 1. The summed E-state index contributed by atoms with van der Waals surface area (Å²) in [5, 5.41) is 11.4. The van der Waals surface area contributed by atoms with Crippen LogP contribution in [0.3, 0.4) is 0 Å². The quantitative estimate of drug-likeness (QED) is 0.857. The van der Waals surface area contributed by atoms with E-state index >= 15 is 0 Å². The van der Waals surface area contributed by atoms with Gasteiger partial charge in [-0.25, -0.2) is 0 Å². The average molecular weight is 243 g/mol. The molecule has 0 saturated heterocycles. The van der Waals surface area contributed by atoms with Gasteiger partial charge < -0.3 is 5.11 Å². The molecular formula is C16H21NO. The molecule has 2 rings (SSSR count). The Kier molecular flexibility index (Phi) is 4.32. The zero-order valence-electron chi connectivity index (χ0n) is 11.1. The highest BCUT2D eigenvalue weighted by Crippen LogP contribution is 2.26. The zero-order chi connectivity index (χ0) is 13.0. The molecule has 0 radical (unpaired) electrons. The molecule has 1 aromatic carbocycles. The van der Waals surface area contributed by atoms with Crippen molar-refractivity contribution in [1.29, 1.82) is 0 Å². The van der Waals surface area contributed by atoms with Gasteiger partial charge in [0.2, 0.25) is 0 Å². The first-order chi connectivity index (χ1) is 8.74. The van der Waals surface area contributed by atoms with Gasteiger partial charge in [-0.2, -0.15) is 0 Å². The van der Waals surface area contributed by atoms with Crippen molar-refractivity contribution in [3.63, 3.8) is 0 Å². The summed E-state index contributed by atoms with van der Waals surface area (Å²) in [5.74, 6) is 0.601.